The van der Waals surface area contributed by atoms with Gasteiger partial charge < -0.3 is 10.2 Å². The van der Waals surface area contributed by atoms with E-state index in [1.165, 1.54) is 10.9 Å². The summed E-state index contributed by atoms with van der Waals surface area (Å²) in [4.78, 5) is 3.34. The third-order valence-corrected chi connectivity index (χ3v) is 3.92. The second-order valence-corrected chi connectivity index (χ2v) is 5.40. The normalized spacial score (nSPS) is 10.7. The zero-order chi connectivity index (χ0) is 13.7. The molecule has 0 atom stereocenters. The fourth-order valence-corrected chi connectivity index (χ4v) is 2.91. The quantitative estimate of drug-likeness (QED) is 0.868. The van der Waals surface area contributed by atoms with Crippen molar-refractivity contribution in [1.29, 1.82) is 0 Å². The Morgan fingerprint density at radius 3 is 2.74 bits per heavy atom. The molecular formula is C15H19FN2S. The smallest absolute Gasteiger partial charge is 0.146 e. The summed E-state index contributed by atoms with van der Waals surface area (Å²) in [6.07, 6.45) is 0. The van der Waals surface area contributed by atoms with Gasteiger partial charge in [-0.1, -0.05) is 18.2 Å². The number of hydrogen-bond donors (Lipinski definition) is 1. The fraction of sp³-hybridized carbons (Fsp3) is 0.333. The number of thiophene rings is 1. The predicted molar refractivity (Wildman–Crippen MR) is 80.2 cm³/mol. The lowest BCUT2D eigenvalue weighted by atomic mass is 10.1. The summed E-state index contributed by atoms with van der Waals surface area (Å²) < 4.78 is 14.2. The van der Waals surface area contributed by atoms with E-state index in [1.54, 1.807) is 17.4 Å². The first-order chi connectivity index (χ1) is 9.26. The predicted octanol–water partition coefficient (Wildman–Crippen LogP) is 3.63. The Hall–Kier alpha value is -1.39. The van der Waals surface area contributed by atoms with Crippen LogP contribution in [0.5, 0.6) is 0 Å². The van der Waals surface area contributed by atoms with Crippen LogP contribution in [0.2, 0.25) is 0 Å². The van der Waals surface area contributed by atoms with Gasteiger partial charge in [0.15, 0.2) is 0 Å². The Morgan fingerprint density at radius 1 is 1.26 bits per heavy atom. The van der Waals surface area contributed by atoms with Crippen molar-refractivity contribution in [2.75, 3.05) is 18.5 Å². The summed E-state index contributed by atoms with van der Waals surface area (Å²) >= 11 is 1.71. The van der Waals surface area contributed by atoms with E-state index in [0.29, 0.717) is 12.2 Å². The van der Waals surface area contributed by atoms with Gasteiger partial charge in [0.2, 0.25) is 0 Å². The first-order valence-electron chi connectivity index (χ1n) is 6.45. The SMILES string of the molecule is CCN(Cc1cccs1)c1c(F)cccc1CNC. The minimum absolute atomic E-state index is 0.147. The number of benzene rings is 1. The highest BCUT2D eigenvalue weighted by Gasteiger charge is 2.15. The van der Waals surface area contributed by atoms with Crippen LogP contribution < -0.4 is 10.2 Å². The van der Waals surface area contributed by atoms with E-state index >= 15 is 0 Å². The molecule has 102 valence electrons. The maximum absolute atomic E-state index is 14.2. The van der Waals surface area contributed by atoms with Crippen molar-refractivity contribution in [3.63, 3.8) is 0 Å². The molecule has 1 N–H and O–H groups in total. The second kappa shape index (κ2) is 6.68. The molecule has 0 spiro atoms. The molecular weight excluding hydrogens is 259 g/mol. The van der Waals surface area contributed by atoms with Crippen LogP contribution in [0.1, 0.15) is 17.4 Å². The standard InChI is InChI=1S/C15H19FN2S/c1-3-18(11-13-7-5-9-19-13)15-12(10-17-2)6-4-8-14(15)16/h4-9,17H,3,10-11H2,1-2H3. The summed E-state index contributed by atoms with van der Waals surface area (Å²) in [5.74, 6) is -0.147. The summed E-state index contributed by atoms with van der Waals surface area (Å²) in [6, 6.07) is 9.40. The molecule has 0 aliphatic carbocycles. The van der Waals surface area contributed by atoms with Crippen LogP contribution in [0.15, 0.2) is 35.7 Å². The minimum atomic E-state index is -0.147. The van der Waals surface area contributed by atoms with Crippen molar-refractivity contribution in [3.05, 3.63) is 52.0 Å². The topological polar surface area (TPSA) is 15.3 Å². The molecule has 19 heavy (non-hydrogen) atoms. The highest BCUT2D eigenvalue weighted by Crippen LogP contribution is 2.27. The molecule has 0 aliphatic rings. The molecule has 4 heteroatoms. The van der Waals surface area contributed by atoms with Crippen molar-refractivity contribution in [2.45, 2.75) is 20.0 Å². The zero-order valence-corrected chi connectivity index (χ0v) is 12.1. The highest BCUT2D eigenvalue weighted by atomic mass is 32.1. The number of nitrogens with one attached hydrogen (secondary N) is 1. The molecule has 0 saturated heterocycles. The van der Waals surface area contributed by atoms with E-state index < -0.39 is 0 Å². The third kappa shape index (κ3) is 3.33. The Labute approximate surface area is 117 Å². The highest BCUT2D eigenvalue weighted by molar-refractivity contribution is 7.09. The van der Waals surface area contributed by atoms with E-state index in [1.807, 2.05) is 19.2 Å². The zero-order valence-electron chi connectivity index (χ0n) is 11.3. The summed E-state index contributed by atoms with van der Waals surface area (Å²) in [7, 11) is 1.88. The minimum Gasteiger partial charge on any atom is -0.364 e. The van der Waals surface area contributed by atoms with Gasteiger partial charge in [0, 0.05) is 18.0 Å². The molecule has 2 nitrogen and oxygen atoms in total. The Bertz CT molecular complexity index is 511. The van der Waals surface area contributed by atoms with Crippen molar-refractivity contribution in [3.8, 4) is 0 Å². The number of rotatable bonds is 6. The van der Waals surface area contributed by atoms with Crippen LogP contribution >= 0.6 is 11.3 Å². The molecule has 2 rings (SSSR count). The molecule has 1 aromatic heterocycles. The van der Waals surface area contributed by atoms with Crippen LogP contribution in [-0.2, 0) is 13.1 Å². The molecule has 0 aliphatic heterocycles. The number of para-hydroxylation sites is 1. The number of nitrogens with zero attached hydrogens (tertiary/aromatic N) is 1. The molecule has 0 bridgehead atoms. The third-order valence-electron chi connectivity index (χ3n) is 3.06. The fourth-order valence-electron chi connectivity index (χ4n) is 2.19. The van der Waals surface area contributed by atoms with Gasteiger partial charge in [-0.15, -0.1) is 11.3 Å². The maximum atomic E-state index is 14.2. The molecule has 0 unspecified atom stereocenters. The van der Waals surface area contributed by atoms with Gasteiger partial charge in [-0.3, -0.25) is 0 Å². The second-order valence-electron chi connectivity index (χ2n) is 4.37. The van der Waals surface area contributed by atoms with E-state index in [9.17, 15) is 4.39 Å². The Balaban J connectivity index is 2.31. The molecule has 1 aromatic carbocycles. The molecule has 0 radical (unpaired) electrons. The largest absolute Gasteiger partial charge is 0.364 e. The maximum Gasteiger partial charge on any atom is 0.146 e. The number of anilines is 1. The van der Waals surface area contributed by atoms with Crippen LogP contribution in [0.25, 0.3) is 0 Å². The molecule has 0 amide bonds. The van der Waals surface area contributed by atoms with Crippen LogP contribution in [0.3, 0.4) is 0 Å². The van der Waals surface area contributed by atoms with Crippen molar-refractivity contribution >= 4 is 17.0 Å². The van der Waals surface area contributed by atoms with E-state index in [4.69, 9.17) is 0 Å². The Morgan fingerprint density at radius 2 is 2.11 bits per heavy atom. The molecule has 0 fully saturated rings. The van der Waals surface area contributed by atoms with Crippen LogP contribution in [-0.4, -0.2) is 13.6 Å². The lowest BCUT2D eigenvalue weighted by molar-refractivity contribution is 0.613. The van der Waals surface area contributed by atoms with E-state index in [-0.39, 0.29) is 5.82 Å². The average Bonchev–Trinajstić information content (AvgIpc) is 2.90. The average molecular weight is 278 g/mol. The number of halogens is 1. The van der Waals surface area contributed by atoms with Crippen molar-refractivity contribution in [2.24, 2.45) is 0 Å². The van der Waals surface area contributed by atoms with E-state index in [2.05, 4.69) is 28.6 Å². The first kappa shape index (κ1) is 14.0. The van der Waals surface area contributed by atoms with Gasteiger partial charge in [-0.25, -0.2) is 4.39 Å². The van der Waals surface area contributed by atoms with Crippen LogP contribution in [0.4, 0.5) is 10.1 Å². The van der Waals surface area contributed by atoms with Gasteiger partial charge in [0.05, 0.1) is 12.2 Å². The molecule has 1 heterocycles. The summed E-state index contributed by atoms with van der Waals surface area (Å²) in [6.45, 7) is 4.28. The van der Waals surface area contributed by atoms with E-state index in [0.717, 1.165) is 18.7 Å². The summed E-state index contributed by atoms with van der Waals surface area (Å²) in [5, 5.41) is 5.15. The lowest BCUT2D eigenvalue weighted by Gasteiger charge is -2.25. The van der Waals surface area contributed by atoms with Crippen molar-refractivity contribution < 1.29 is 4.39 Å². The lowest BCUT2D eigenvalue weighted by Crippen LogP contribution is -2.25. The monoisotopic (exact) mass is 278 g/mol. The van der Waals surface area contributed by atoms with Gasteiger partial charge in [-0.05, 0) is 37.0 Å². The van der Waals surface area contributed by atoms with Gasteiger partial charge in [0.25, 0.3) is 0 Å². The number of hydrogen-bond acceptors (Lipinski definition) is 3. The van der Waals surface area contributed by atoms with Gasteiger partial charge >= 0.3 is 0 Å². The van der Waals surface area contributed by atoms with Crippen molar-refractivity contribution in [1.82, 2.24) is 5.32 Å². The van der Waals surface area contributed by atoms with Gasteiger partial charge in [-0.2, -0.15) is 0 Å². The van der Waals surface area contributed by atoms with Crippen LogP contribution in [0, 0.1) is 5.82 Å². The molecule has 0 saturated carbocycles. The summed E-state index contributed by atoms with van der Waals surface area (Å²) in [5.41, 5.74) is 1.72. The molecule has 2 aromatic rings. The Kier molecular flexibility index (Phi) is 4.93. The first-order valence-corrected chi connectivity index (χ1v) is 7.33. The van der Waals surface area contributed by atoms with Gasteiger partial charge in [0.1, 0.15) is 5.82 Å².